The first-order valence-corrected chi connectivity index (χ1v) is 17.0. The van der Waals surface area contributed by atoms with Crippen molar-refractivity contribution in [3.8, 4) is 22.7 Å². The zero-order valence-electron chi connectivity index (χ0n) is 28.6. The molecule has 242 valence electrons. The summed E-state index contributed by atoms with van der Waals surface area (Å²) >= 11 is 0. The molecular formula is C45H36N4O. The second-order valence-electron chi connectivity index (χ2n) is 14.0. The van der Waals surface area contributed by atoms with Crippen molar-refractivity contribution in [1.82, 2.24) is 14.1 Å². The molecule has 0 atom stereocenters. The molecule has 0 radical (unpaired) electrons. The topological polar surface area (TPSA) is 35.9 Å². The minimum Gasteiger partial charge on any atom is -0.458 e. The molecule has 0 spiro atoms. The number of aryl methyl sites for hydroxylation is 1. The van der Waals surface area contributed by atoms with Crippen LogP contribution in [0.5, 0.6) is 5.75 Å². The number of pyridine rings is 1. The Kier molecular flexibility index (Phi) is 6.85. The second kappa shape index (κ2) is 11.5. The van der Waals surface area contributed by atoms with E-state index in [2.05, 4.69) is 176 Å². The van der Waals surface area contributed by atoms with E-state index in [0.29, 0.717) is 0 Å². The summed E-state index contributed by atoms with van der Waals surface area (Å²) in [5.41, 5.74) is 11.0. The minimum atomic E-state index is -0.00608. The van der Waals surface area contributed by atoms with E-state index < -0.39 is 0 Å². The smallest absolute Gasteiger partial charge is 0.244 e. The van der Waals surface area contributed by atoms with Gasteiger partial charge in [-0.2, -0.15) is 0 Å². The fourth-order valence-electron chi connectivity index (χ4n) is 7.24. The zero-order valence-corrected chi connectivity index (χ0v) is 28.6. The predicted octanol–water partition coefficient (Wildman–Crippen LogP) is 10.0. The fraction of sp³-hybridized carbons (Fsp3) is 0.111. The number of ether oxygens (including phenoxy) is 1. The molecule has 1 aliphatic rings. The van der Waals surface area contributed by atoms with Crippen molar-refractivity contribution >= 4 is 44.6 Å². The summed E-state index contributed by atoms with van der Waals surface area (Å²) in [5, 5.41) is 2.33. The summed E-state index contributed by atoms with van der Waals surface area (Å²) < 4.78 is 13.4. The second-order valence-corrected chi connectivity index (χ2v) is 14.0. The van der Waals surface area contributed by atoms with Gasteiger partial charge in [0.25, 0.3) is 0 Å². The van der Waals surface area contributed by atoms with Crippen LogP contribution in [0.15, 0.2) is 145 Å². The van der Waals surface area contributed by atoms with E-state index >= 15 is 0 Å². The third-order valence-corrected chi connectivity index (χ3v) is 9.73. The first kappa shape index (κ1) is 29.9. The van der Waals surface area contributed by atoms with E-state index in [0.717, 1.165) is 72.7 Å². The lowest BCUT2D eigenvalue weighted by atomic mass is 9.88. The number of benzene rings is 5. The van der Waals surface area contributed by atoms with E-state index in [4.69, 9.17) is 9.72 Å². The van der Waals surface area contributed by atoms with Gasteiger partial charge < -0.3 is 13.9 Å². The molecule has 0 saturated heterocycles. The monoisotopic (exact) mass is 648 g/mol. The van der Waals surface area contributed by atoms with E-state index in [-0.39, 0.29) is 5.41 Å². The number of nitrogens with zero attached hydrogens (tertiary/aromatic N) is 4. The summed E-state index contributed by atoms with van der Waals surface area (Å²) in [4.78, 5) is 4.87. The third-order valence-electron chi connectivity index (χ3n) is 9.73. The van der Waals surface area contributed by atoms with Crippen LogP contribution in [0.2, 0.25) is 0 Å². The Hall–Kier alpha value is -6.20. The molecule has 0 N–H and O–H groups in total. The molecular weight excluding hydrogens is 613 g/mol. The fourth-order valence-corrected chi connectivity index (χ4v) is 7.24. The van der Waals surface area contributed by atoms with Crippen molar-refractivity contribution in [2.45, 2.75) is 26.2 Å². The average Bonchev–Trinajstić information content (AvgIpc) is 3.64. The molecule has 0 bridgehead atoms. The molecule has 3 heterocycles. The van der Waals surface area contributed by atoms with Gasteiger partial charge in [-0.1, -0.05) is 112 Å². The zero-order chi connectivity index (χ0) is 34.0. The van der Waals surface area contributed by atoms with Crippen LogP contribution in [0.25, 0.3) is 61.6 Å². The van der Waals surface area contributed by atoms with Gasteiger partial charge in [-0.3, -0.25) is 4.57 Å². The van der Waals surface area contributed by atoms with Crippen LogP contribution in [-0.4, -0.2) is 14.1 Å². The highest BCUT2D eigenvalue weighted by Crippen LogP contribution is 2.38. The average molecular weight is 649 g/mol. The molecule has 3 aromatic heterocycles. The maximum atomic E-state index is 6.92. The van der Waals surface area contributed by atoms with E-state index in [1.54, 1.807) is 0 Å². The molecule has 1 aliphatic carbocycles. The molecule has 0 fully saturated rings. The summed E-state index contributed by atoms with van der Waals surface area (Å²) in [5.74, 6) is 2.36. The molecule has 50 heavy (non-hydrogen) atoms. The van der Waals surface area contributed by atoms with Crippen molar-refractivity contribution in [3.05, 3.63) is 168 Å². The number of para-hydroxylation sites is 3. The van der Waals surface area contributed by atoms with Gasteiger partial charge in [-0.15, -0.1) is 0 Å². The molecule has 5 heteroatoms. The Labute approximate surface area is 291 Å². The van der Waals surface area contributed by atoms with Crippen molar-refractivity contribution in [2.75, 3.05) is 0 Å². The summed E-state index contributed by atoms with van der Waals surface area (Å²) in [6.45, 7) is 6.71. The number of hydrogen-bond donors (Lipinski definition) is 0. The number of fused-ring (bicyclic) bond motifs is 7. The molecule has 9 rings (SSSR count). The molecule has 5 nitrogen and oxygen atoms in total. The number of imidazole rings is 1. The molecule has 0 unspecified atom stereocenters. The molecule has 8 aromatic rings. The van der Waals surface area contributed by atoms with Crippen LogP contribution < -0.4 is 9.30 Å². The van der Waals surface area contributed by atoms with Gasteiger partial charge in [0.1, 0.15) is 17.3 Å². The molecule has 0 amide bonds. The SMILES string of the molecule is Cn1[c-][n+](C2=C/C(Oc3ccc4c5ccccc5n(-c5cc(C(C)(C)C)ccn5)c4c3)=C\c3ccccc3-c3ccccc32)c2ccccc21. The Morgan fingerprint density at radius 1 is 0.660 bits per heavy atom. The number of allylic oxidation sites excluding steroid dienone is 1. The highest BCUT2D eigenvalue weighted by Gasteiger charge is 2.21. The number of aromatic nitrogens is 4. The van der Waals surface area contributed by atoms with Gasteiger partial charge in [-0.25, -0.2) is 4.98 Å². The number of rotatable bonds is 4. The number of hydrogen-bond acceptors (Lipinski definition) is 2. The Morgan fingerprint density at radius 3 is 2.20 bits per heavy atom. The molecule has 0 saturated carbocycles. The quantitative estimate of drug-likeness (QED) is 0.141. The van der Waals surface area contributed by atoms with E-state index in [1.807, 2.05) is 17.8 Å². The Bertz CT molecular complexity index is 2680. The van der Waals surface area contributed by atoms with Gasteiger partial charge in [-0.05, 0) is 75.7 Å². The van der Waals surface area contributed by atoms with Gasteiger partial charge in [0, 0.05) is 23.0 Å². The Balaban J connectivity index is 1.25. The Morgan fingerprint density at radius 2 is 1.36 bits per heavy atom. The minimum absolute atomic E-state index is 0.00608. The van der Waals surface area contributed by atoms with Crippen molar-refractivity contribution in [1.29, 1.82) is 0 Å². The third kappa shape index (κ3) is 4.93. The van der Waals surface area contributed by atoms with Crippen LogP contribution in [0.3, 0.4) is 0 Å². The van der Waals surface area contributed by atoms with Crippen LogP contribution in [-0.2, 0) is 12.5 Å². The molecule has 0 aliphatic heterocycles. The van der Waals surface area contributed by atoms with Gasteiger partial charge >= 0.3 is 0 Å². The van der Waals surface area contributed by atoms with Crippen LogP contribution in [0, 0.1) is 6.33 Å². The summed E-state index contributed by atoms with van der Waals surface area (Å²) in [6, 6.07) is 44.7. The lowest BCUT2D eigenvalue weighted by Gasteiger charge is -2.21. The van der Waals surface area contributed by atoms with Gasteiger partial charge in [0.05, 0.1) is 34.8 Å². The van der Waals surface area contributed by atoms with Crippen molar-refractivity contribution < 1.29 is 9.30 Å². The maximum Gasteiger partial charge on any atom is 0.244 e. The highest BCUT2D eigenvalue weighted by molar-refractivity contribution is 6.09. The maximum absolute atomic E-state index is 6.92. The predicted molar refractivity (Wildman–Crippen MR) is 203 cm³/mol. The lowest BCUT2D eigenvalue weighted by molar-refractivity contribution is -0.556. The van der Waals surface area contributed by atoms with Crippen LogP contribution in [0.1, 0.15) is 37.5 Å². The lowest BCUT2D eigenvalue weighted by Crippen LogP contribution is -2.33. The summed E-state index contributed by atoms with van der Waals surface area (Å²) in [7, 11) is 2.04. The van der Waals surface area contributed by atoms with Crippen molar-refractivity contribution in [3.63, 3.8) is 0 Å². The first-order chi connectivity index (χ1) is 24.3. The largest absolute Gasteiger partial charge is 0.458 e. The van der Waals surface area contributed by atoms with Gasteiger partial charge in [0.2, 0.25) is 6.33 Å². The molecule has 5 aromatic carbocycles. The summed E-state index contributed by atoms with van der Waals surface area (Å²) in [6.07, 6.45) is 9.78. The van der Waals surface area contributed by atoms with Crippen LogP contribution in [0.4, 0.5) is 0 Å². The normalized spacial score (nSPS) is 14.1. The van der Waals surface area contributed by atoms with E-state index in [1.165, 1.54) is 10.9 Å². The van der Waals surface area contributed by atoms with Crippen LogP contribution >= 0.6 is 0 Å². The van der Waals surface area contributed by atoms with Crippen molar-refractivity contribution in [2.24, 2.45) is 7.05 Å². The standard InChI is InChI=1S/C45H36N4O/c1-45(2,3)31-23-24-46-44(26-31)49-39-18-10-9-17-37(39)38-22-21-32(27-43(38)49)50-33-25-30-13-5-6-14-34(30)35-15-7-8-16-36(35)42(28-33)48-29-47(4)40-19-11-12-20-41(40)48/h5-28H,1-4H3/b30-25?,33-25+,33-28?,35-34?,42-28?,42-36?. The van der Waals surface area contributed by atoms with E-state index in [9.17, 15) is 0 Å². The van der Waals surface area contributed by atoms with Gasteiger partial charge in [0.15, 0.2) is 0 Å². The first-order valence-electron chi connectivity index (χ1n) is 17.0. The highest BCUT2D eigenvalue weighted by atomic mass is 16.5.